The Morgan fingerprint density at radius 1 is 1.50 bits per heavy atom. The van der Waals surface area contributed by atoms with Gasteiger partial charge in [0.15, 0.2) is 0 Å². The van der Waals surface area contributed by atoms with Crippen molar-refractivity contribution >= 4 is 0 Å². The second kappa shape index (κ2) is 4.60. The molecule has 1 heterocycles. The SMILES string of the molecule is CC(C)(O)CCOC1(C)CCCNC1. The number of hydrogen-bond acceptors (Lipinski definition) is 3. The first kappa shape index (κ1) is 12.0. The summed E-state index contributed by atoms with van der Waals surface area (Å²) < 4.78 is 5.82. The third-order valence-electron chi connectivity index (χ3n) is 2.72. The van der Waals surface area contributed by atoms with Crippen LogP contribution in [0.25, 0.3) is 0 Å². The number of rotatable bonds is 4. The molecule has 0 radical (unpaired) electrons. The maximum Gasteiger partial charge on any atom is 0.0778 e. The fourth-order valence-corrected chi connectivity index (χ4v) is 1.70. The largest absolute Gasteiger partial charge is 0.390 e. The van der Waals surface area contributed by atoms with E-state index in [4.69, 9.17) is 4.74 Å². The van der Waals surface area contributed by atoms with E-state index in [0.29, 0.717) is 13.0 Å². The topological polar surface area (TPSA) is 41.5 Å². The average molecular weight is 201 g/mol. The van der Waals surface area contributed by atoms with Gasteiger partial charge in [-0.25, -0.2) is 0 Å². The minimum atomic E-state index is -0.613. The molecular formula is C11H23NO2. The van der Waals surface area contributed by atoms with Crippen LogP contribution in [0.2, 0.25) is 0 Å². The van der Waals surface area contributed by atoms with Gasteiger partial charge in [-0.15, -0.1) is 0 Å². The highest BCUT2D eigenvalue weighted by atomic mass is 16.5. The molecule has 1 aliphatic heterocycles. The molecule has 2 N–H and O–H groups in total. The van der Waals surface area contributed by atoms with E-state index in [-0.39, 0.29) is 5.60 Å². The maximum atomic E-state index is 9.54. The first-order valence-corrected chi connectivity index (χ1v) is 5.48. The molecule has 1 saturated heterocycles. The van der Waals surface area contributed by atoms with Crippen molar-refractivity contribution in [1.29, 1.82) is 0 Å². The summed E-state index contributed by atoms with van der Waals surface area (Å²) in [5.74, 6) is 0. The molecule has 1 unspecified atom stereocenters. The van der Waals surface area contributed by atoms with E-state index in [1.807, 2.05) is 13.8 Å². The zero-order valence-electron chi connectivity index (χ0n) is 9.60. The van der Waals surface area contributed by atoms with Crippen LogP contribution in [0.15, 0.2) is 0 Å². The van der Waals surface area contributed by atoms with Crippen LogP contribution in [0.1, 0.15) is 40.0 Å². The van der Waals surface area contributed by atoms with Gasteiger partial charge in [0, 0.05) is 6.54 Å². The quantitative estimate of drug-likeness (QED) is 0.720. The van der Waals surface area contributed by atoms with Crippen molar-refractivity contribution in [2.45, 2.75) is 51.2 Å². The molecule has 0 saturated carbocycles. The van der Waals surface area contributed by atoms with E-state index < -0.39 is 5.60 Å². The minimum Gasteiger partial charge on any atom is -0.390 e. The molecule has 0 aliphatic carbocycles. The van der Waals surface area contributed by atoms with Crippen LogP contribution in [-0.4, -0.2) is 36.0 Å². The highest BCUT2D eigenvalue weighted by Crippen LogP contribution is 2.21. The van der Waals surface area contributed by atoms with Crippen LogP contribution < -0.4 is 5.32 Å². The fourth-order valence-electron chi connectivity index (χ4n) is 1.70. The molecular weight excluding hydrogens is 178 g/mol. The summed E-state index contributed by atoms with van der Waals surface area (Å²) >= 11 is 0. The van der Waals surface area contributed by atoms with Crippen LogP contribution >= 0.6 is 0 Å². The molecule has 3 nitrogen and oxygen atoms in total. The van der Waals surface area contributed by atoms with E-state index in [1.54, 1.807) is 0 Å². The Hall–Kier alpha value is -0.120. The Kier molecular flexibility index (Phi) is 3.93. The lowest BCUT2D eigenvalue weighted by Gasteiger charge is -2.34. The van der Waals surface area contributed by atoms with E-state index in [0.717, 1.165) is 19.5 Å². The zero-order chi connectivity index (χ0) is 10.7. The van der Waals surface area contributed by atoms with Crippen molar-refractivity contribution < 1.29 is 9.84 Å². The van der Waals surface area contributed by atoms with Crippen LogP contribution in [0.5, 0.6) is 0 Å². The van der Waals surface area contributed by atoms with Crippen molar-refractivity contribution in [3.8, 4) is 0 Å². The standard InChI is InChI=1S/C11H23NO2/c1-10(2,13)6-8-14-11(3)5-4-7-12-9-11/h12-13H,4-9H2,1-3H3. The van der Waals surface area contributed by atoms with Gasteiger partial charge >= 0.3 is 0 Å². The fraction of sp³-hybridized carbons (Fsp3) is 1.00. The molecule has 0 aromatic rings. The van der Waals surface area contributed by atoms with Crippen LogP contribution in [0.4, 0.5) is 0 Å². The van der Waals surface area contributed by atoms with Gasteiger partial charge in [-0.3, -0.25) is 0 Å². The third-order valence-corrected chi connectivity index (χ3v) is 2.72. The molecule has 0 bridgehead atoms. The minimum absolute atomic E-state index is 0.0243. The summed E-state index contributed by atoms with van der Waals surface area (Å²) in [5.41, 5.74) is -0.637. The third kappa shape index (κ3) is 4.40. The Balaban J connectivity index is 2.22. The Morgan fingerprint density at radius 2 is 2.21 bits per heavy atom. The molecule has 3 heteroatoms. The molecule has 0 spiro atoms. The molecule has 0 aromatic carbocycles. The van der Waals surface area contributed by atoms with E-state index in [1.165, 1.54) is 6.42 Å². The van der Waals surface area contributed by atoms with Gasteiger partial charge in [0.25, 0.3) is 0 Å². The van der Waals surface area contributed by atoms with E-state index >= 15 is 0 Å². The summed E-state index contributed by atoms with van der Waals surface area (Å²) in [7, 11) is 0. The van der Waals surface area contributed by atoms with Crippen LogP contribution in [0.3, 0.4) is 0 Å². The summed E-state index contributed by atoms with van der Waals surface area (Å²) in [4.78, 5) is 0. The number of nitrogens with one attached hydrogen (secondary N) is 1. The molecule has 1 rings (SSSR count). The van der Waals surface area contributed by atoms with Gasteiger partial charge in [-0.05, 0) is 46.6 Å². The lowest BCUT2D eigenvalue weighted by atomic mass is 9.96. The molecule has 1 atom stereocenters. The first-order chi connectivity index (χ1) is 6.41. The molecule has 84 valence electrons. The molecule has 1 fully saturated rings. The van der Waals surface area contributed by atoms with Gasteiger partial charge < -0.3 is 15.2 Å². The second-order valence-corrected chi connectivity index (χ2v) is 5.14. The lowest BCUT2D eigenvalue weighted by molar-refractivity contribution is -0.0670. The zero-order valence-corrected chi connectivity index (χ0v) is 9.60. The molecule has 0 amide bonds. The predicted molar refractivity (Wildman–Crippen MR) is 57.4 cm³/mol. The van der Waals surface area contributed by atoms with Crippen molar-refractivity contribution in [1.82, 2.24) is 5.32 Å². The molecule has 0 aromatic heterocycles. The number of piperidine rings is 1. The Bertz CT molecular complexity index is 169. The highest BCUT2D eigenvalue weighted by molar-refractivity contribution is 4.82. The maximum absolute atomic E-state index is 9.54. The van der Waals surface area contributed by atoms with Gasteiger partial charge in [0.1, 0.15) is 0 Å². The summed E-state index contributed by atoms with van der Waals surface area (Å²) in [6.07, 6.45) is 2.99. The summed E-state index contributed by atoms with van der Waals surface area (Å²) in [6, 6.07) is 0. The summed E-state index contributed by atoms with van der Waals surface area (Å²) in [5, 5.41) is 12.9. The van der Waals surface area contributed by atoms with Crippen molar-refractivity contribution in [3.63, 3.8) is 0 Å². The van der Waals surface area contributed by atoms with Crippen molar-refractivity contribution in [3.05, 3.63) is 0 Å². The van der Waals surface area contributed by atoms with Crippen LogP contribution in [-0.2, 0) is 4.74 Å². The molecule has 14 heavy (non-hydrogen) atoms. The average Bonchev–Trinajstić information content (AvgIpc) is 2.02. The Labute approximate surface area is 86.8 Å². The van der Waals surface area contributed by atoms with E-state index in [2.05, 4.69) is 12.2 Å². The normalized spacial score (nSPS) is 29.1. The number of ether oxygens (including phenoxy) is 1. The first-order valence-electron chi connectivity index (χ1n) is 5.48. The number of hydrogen-bond donors (Lipinski definition) is 2. The predicted octanol–water partition coefficient (Wildman–Crippen LogP) is 1.31. The number of aliphatic hydroxyl groups is 1. The van der Waals surface area contributed by atoms with Gasteiger partial charge in [0.05, 0.1) is 17.8 Å². The Morgan fingerprint density at radius 3 is 2.71 bits per heavy atom. The van der Waals surface area contributed by atoms with Crippen LogP contribution in [0, 0.1) is 0 Å². The monoisotopic (exact) mass is 201 g/mol. The molecule has 1 aliphatic rings. The van der Waals surface area contributed by atoms with Crippen molar-refractivity contribution in [2.75, 3.05) is 19.7 Å². The van der Waals surface area contributed by atoms with Crippen molar-refractivity contribution in [2.24, 2.45) is 0 Å². The summed E-state index contributed by atoms with van der Waals surface area (Å²) in [6.45, 7) is 8.45. The van der Waals surface area contributed by atoms with E-state index in [9.17, 15) is 5.11 Å². The van der Waals surface area contributed by atoms with Gasteiger partial charge in [-0.2, -0.15) is 0 Å². The lowest BCUT2D eigenvalue weighted by Crippen LogP contribution is -2.45. The highest BCUT2D eigenvalue weighted by Gasteiger charge is 2.27. The smallest absolute Gasteiger partial charge is 0.0778 e. The second-order valence-electron chi connectivity index (χ2n) is 5.14. The van der Waals surface area contributed by atoms with Gasteiger partial charge in [-0.1, -0.05) is 0 Å². The van der Waals surface area contributed by atoms with Gasteiger partial charge in [0.2, 0.25) is 0 Å².